The monoisotopic (exact) mass is 261 g/mol. The highest BCUT2D eigenvalue weighted by Crippen LogP contribution is 2.16. The van der Waals surface area contributed by atoms with E-state index in [1.165, 1.54) is 5.56 Å². The van der Waals surface area contributed by atoms with Crippen LogP contribution in [0.3, 0.4) is 0 Å². The normalized spacial score (nSPS) is 20.6. The molecular formula is C15H23N3O. The highest BCUT2D eigenvalue weighted by molar-refractivity contribution is 5.83. The Balaban J connectivity index is 1.85. The first-order valence-corrected chi connectivity index (χ1v) is 6.81. The summed E-state index contributed by atoms with van der Waals surface area (Å²) in [7, 11) is 0. The van der Waals surface area contributed by atoms with Crippen molar-refractivity contribution in [2.75, 3.05) is 13.1 Å². The first-order chi connectivity index (χ1) is 8.97. The molecule has 1 aromatic carbocycles. The predicted octanol–water partition coefficient (Wildman–Crippen LogP) is 1.11. The molecule has 1 unspecified atom stereocenters. The van der Waals surface area contributed by atoms with Gasteiger partial charge in [0.1, 0.15) is 0 Å². The van der Waals surface area contributed by atoms with Crippen LogP contribution in [0.2, 0.25) is 0 Å². The van der Waals surface area contributed by atoms with Gasteiger partial charge in [-0.25, -0.2) is 0 Å². The van der Waals surface area contributed by atoms with Crippen molar-refractivity contribution in [2.24, 2.45) is 5.73 Å². The molecule has 104 valence electrons. The molecule has 1 aromatic rings. The van der Waals surface area contributed by atoms with Crippen molar-refractivity contribution in [3.05, 3.63) is 35.9 Å². The highest BCUT2D eigenvalue weighted by Gasteiger charge is 2.31. The van der Waals surface area contributed by atoms with Gasteiger partial charge in [-0.3, -0.25) is 15.0 Å². The van der Waals surface area contributed by atoms with E-state index in [4.69, 9.17) is 5.73 Å². The van der Waals surface area contributed by atoms with Crippen molar-refractivity contribution in [3.8, 4) is 0 Å². The second kappa shape index (κ2) is 5.72. The maximum absolute atomic E-state index is 11.3. The van der Waals surface area contributed by atoms with Crippen molar-refractivity contribution in [1.82, 2.24) is 10.2 Å². The summed E-state index contributed by atoms with van der Waals surface area (Å²) in [5.41, 5.74) is 6.09. The maximum Gasteiger partial charge on any atom is 0.237 e. The van der Waals surface area contributed by atoms with Crippen molar-refractivity contribution in [1.29, 1.82) is 0 Å². The van der Waals surface area contributed by atoms with E-state index in [1.54, 1.807) is 0 Å². The van der Waals surface area contributed by atoms with Crippen LogP contribution in [0.1, 0.15) is 25.8 Å². The van der Waals surface area contributed by atoms with Gasteiger partial charge in [0.25, 0.3) is 0 Å². The summed E-state index contributed by atoms with van der Waals surface area (Å²) in [5.74, 6) is -0.297. The SMILES string of the molecule is CC(C)(NC1CCN(Cc2ccccc2)C1)C(N)=O. The van der Waals surface area contributed by atoms with Crippen LogP contribution in [0.15, 0.2) is 30.3 Å². The number of rotatable bonds is 5. The third-order valence-electron chi connectivity index (χ3n) is 3.70. The lowest BCUT2D eigenvalue weighted by Crippen LogP contribution is -2.55. The Bertz CT molecular complexity index is 430. The van der Waals surface area contributed by atoms with Gasteiger partial charge in [-0.05, 0) is 25.8 Å². The molecule has 0 aromatic heterocycles. The zero-order valence-corrected chi connectivity index (χ0v) is 11.7. The van der Waals surface area contributed by atoms with Crippen molar-refractivity contribution < 1.29 is 4.79 Å². The average Bonchev–Trinajstić information content (AvgIpc) is 2.77. The molecule has 1 heterocycles. The lowest BCUT2D eigenvalue weighted by Gasteiger charge is -2.27. The molecular weight excluding hydrogens is 238 g/mol. The smallest absolute Gasteiger partial charge is 0.237 e. The molecule has 1 amide bonds. The number of nitrogens with zero attached hydrogens (tertiary/aromatic N) is 1. The Hall–Kier alpha value is -1.39. The molecule has 4 heteroatoms. The Morgan fingerprint density at radius 2 is 2.11 bits per heavy atom. The standard InChI is InChI=1S/C15H23N3O/c1-15(2,14(16)19)17-13-8-9-18(11-13)10-12-6-4-3-5-7-12/h3-7,13,17H,8-11H2,1-2H3,(H2,16,19). The van der Waals surface area contributed by atoms with E-state index in [-0.39, 0.29) is 5.91 Å². The summed E-state index contributed by atoms with van der Waals surface area (Å²) >= 11 is 0. The number of amides is 1. The molecule has 1 aliphatic heterocycles. The Kier molecular flexibility index (Phi) is 4.22. The summed E-state index contributed by atoms with van der Waals surface area (Å²) in [6, 6.07) is 10.8. The molecule has 2 rings (SSSR count). The first-order valence-electron chi connectivity index (χ1n) is 6.81. The summed E-state index contributed by atoms with van der Waals surface area (Å²) < 4.78 is 0. The van der Waals surface area contributed by atoms with Crippen LogP contribution in [0.25, 0.3) is 0 Å². The van der Waals surface area contributed by atoms with E-state index in [2.05, 4.69) is 34.5 Å². The van der Waals surface area contributed by atoms with Crippen molar-refractivity contribution >= 4 is 5.91 Å². The number of hydrogen-bond acceptors (Lipinski definition) is 3. The number of hydrogen-bond donors (Lipinski definition) is 2. The van der Waals surface area contributed by atoms with Crippen molar-refractivity contribution in [3.63, 3.8) is 0 Å². The molecule has 1 aliphatic rings. The molecule has 4 nitrogen and oxygen atoms in total. The van der Waals surface area contributed by atoms with Gasteiger partial charge in [0, 0.05) is 25.7 Å². The molecule has 0 saturated carbocycles. The zero-order chi connectivity index (χ0) is 13.9. The fourth-order valence-electron chi connectivity index (χ4n) is 2.52. The van der Waals surface area contributed by atoms with Gasteiger partial charge in [-0.15, -0.1) is 0 Å². The third-order valence-corrected chi connectivity index (χ3v) is 3.70. The van der Waals surface area contributed by atoms with Crippen LogP contribution in [0.5, 0.6) is 0 Å². The molecule has 0 bridgehead atoms. The first kappa shape index (κ1) is 14.0. The molecule has 1 fully saturated rings. The fourth-order valence-corrected chi connectivity index (χ4v) is 2.52. The molecule has 0 aliphatic carbocycles. The minimum Gasteiger partial charge on any atom is -0.368 e. The van der Waals surface area contributed by atoms with Crippen molar-refractivity contribution in [2.45, 2.75) is 38.4 Å². The molecule has 3 N–H and O–H groups in total. The van der Waals surface area contributed by atoms with E-state index in [0.717, 1.165) is 26.1 Å². The van der Waals surface area contributed by atoms with Crippen LogP contribution in [-0.2, 0) is 11.3 Å². The summed E-state index contributed by atoms with van der Waals surface area (Å²) in [4.78, 5) is 13.7. The van der Waals surface area contributed by atoms with E-state index in [0.29, 0.717) is 6.04 Å². The second-order valence-corrected chi connectivity index (χ2v) is 5.84. The van der Waals surface area contributed by atoms with Gasteiger partial charge in [0.2, 0.25) is 5.91 Å². The summed E-state index contributed by atoms with van der Waals surface area (Å²) in [5, 5.41) is 3.35. The fraction of sp³-hybridized carbons (Fsp3) is 0.533. The predicted molar refractivity (Wildman–Crippen MR) is 76.5 cm³/mol. The average molecular weight is 261 g/mol. The zero-order valence-electron chi connectivity index (χ0n) is 11.7. The van der Waals surface area contributed by atoms with Gasteiger partial charge in [-0.2, -0.15) is 0 Å². The number of likely N-dealkylation sites (tertiary alicyclic amines) is 1. The van der Waals surface area contributed by atoms with Gasteiger partial charge >= 0.3 is 0 Å². The van der Waals surface area contributed by atoms with Gasteiger partial charge in [-0.1, -0.05) is 30.3 Å². The van der Waals surface area contributed by atoms with E-state index in [9.17, 15) is 4.79 Å². The number of carbonyl (C=O) groups is 1. The van der Waals surface area contributed by atoms with Gasteiger partial charge in [0.05, 0.1) is 5.54 Å². The van der Waals surface area contributed by atoms with Crippen LogP contribution in [0, 0.1) is 0 Å². The Morgan fingerprint density at radius 1 is 1.42 bits per heavy atom. The van der Waals surface area contributed by atoms with E-state index >= 15 is 0 Å². The lowest BCUT2D eigenvalue weighted by molar-refractivity contribution is -0.123. The minimum atomic E-state index is -0.632. The van der Waals surface area contributed by atoms with Gasteiger partial charge < -0.3 is 5.73 Å². The lowest BCUT2D eigenvalue weighted by atomic mass is 10.0. The van der Waals surface area contributed by atoms with E-state index < -0.39 is 5.54 Å². The van der Waals surface area contributed by atoms with Crippen LogP contribution in [-0.4, -0.2) is 35.5 Å². The second-order valence-electron chi connectivity index (χ2n) is 5.84. The van der Waals surface area contributed by atoms with Crippen LogP contribution >= 0.6 is 0 Å². The third kappa shape index (κ3) is 3.78. The summed E-state index contributed by atoms with van der Waals surface area (Å²) in [6.45, 7) is 6.67. The number of nitrogens with one attached hydrogen (secondary N) is 1. The maximum atomic E-state index is 11.3. The summed E-state index contributed by atoms with van der Waals surface area (Å²) in [6.07, 6.45) is 1.06. The minimum absolute atomic E-state index is 0.297. The topological polar surface area (TPSA) is 58.4 Å². The quantitative estimate of drug-likeness (QED) is 0.835. The number of carbonyl (C=O) groups excluding carboxylic acids is 1. The molecule has 0 radical (unpaired) electrons. The molecule has 1 atom stereocenters. The number of nitrogens with two attached hydrogens (primary N) is 1. The highest BCUT2D eigenvalue weighted by atomic mass is 16.1. The van der Waals surface area contributed by atoms with E-state index in [1.807, 2.05) is 19.9 Å². The number of primary amides is 1. The number of benzene rings is 1. The molecule has 1 saturated heterocycles. The Morgan fingerprint density at radius 3 is 2.74 bits per heavy atom. The largest absolute Gasteiger partial charge is 0.368 e. The van der Waals surface area contributed by atoms with Crippen LogP contribution in [0.4, 0.5) is 0 Å². The molecule has 19 heavy (non-hydrogen) atoms. The van der Waals surface area contributed by atoms with Gasteiger partial charge in [0.15, 0.2) is 0 Å². The van der Waals surface area contributed by atoms with Crippen LogP contribution < -0.4 is 11.1 Å². The Labute approximate surface area is 115 Å². The molecule has 0 spiro atoms.